The maximum atomic E-state index is 13.8. The molecule has 0 saturated carbocycles. The van der Waals surface area contributed by atoms with Gasteiger partial charge in [0, 0.05) is 29.9 Å². The number of oxazole rings is 1. The average Bonchev–Trinajstić information content (AvgIpc) is 3.94. The molecule has 14 heteroatoms. The van der Waals surface area contributed by atoms with E-state index in [0.29, 0.717) is 64.8 Å². The van der Waals surface area contributed by atoms with Gasteiger partial charge in [0.15, 0.2) is 5.76 Å². The number of fused-ring (bicyclic) bond motifs is 1. The van der Waals surface area contributed by atoms with Crippen molar-refractivity contribution in [2.24, 2.45) is 0 Å². The summed E-state index contributed by atoms with van der Waals surface area (Å²) in [5, 5.41) is 5.53. The van der Waals surface area contributed by atoms with Gasteiger partial charge in [0.25, 0.3) is 0 Å². The first kappa shape index (κ1) is 40.0. The van der Waals surface area contributed by atoms with Crippen LogP contribution >= 0.6 is 0 Å². The minimum atomic E-state index is -1.07. The van der Waals surface area contributed by atoms with Crippen molar-refractivity contribution >= 4 is 40.7 Å². The summed E-state index contributed by atoms with van der Waals surface area (Å²) in [5.74, 6) is 0.543. The first-order valence-corrected chi connectivity index (χ1v) is 18.6. The largest absolute Gasteiger partial charge is 0.453 e. The number of ether oxygens (including phenoxy) is 2. The lowest BCUT2D eigenvalue weighted by molar-refractivity contribution is -0.136. The van der Waals surface area contributed by atoms with Gasteiger partial charge in [0.2, 0.25) is 17.7 Å². The van der Waals surface area contributed by atoms with Gasteiger partial charge in [0.05, 0.1) is 30.9 Å². The molecule has 2 atom stereocenters. The zero-order chi connectivity index (χ0) is 40.9. The summed E-state index contributed by atoms with van der Waals surface area (Å²) in [4.78, 5) is 68.3. The predicted octanol–water partition coefficient (Wildman–Crippen LogP) is 7.87. The molecule has 2 aromatic heterocycles. The van der Waals surface area contributed by atoms with Crippen LogP contribution in [-0.2, 0) is 19.1 Å². The Balaban J connectivity index is 1.18. The van der Waals surface area contributed by atoms with Crippen molar-refractivity contribution < 1.29 is 33.1 Å². The molecule has 1 aliphatic rings. The molecule has 1 saturated heterocycles. The van der Waals surface area contributed by atoms with Crippen LogP contribution in [-0.4, -0.2) is 81.1 Å². The number of aromatic amines is 1. The quantitative estimate of drug-likeness (QED) is 0.107. The van der Waals surface area contributed by atoms with Crippen molar-refractivity contribution in [2.45, 2.75) is 58.2 Å². The molecule has 0 aliphatic carbocycles. The van der Waals surface area contributed by atoms with Gasteiger partial charge >= 0.3 is 12.2 Å². The average molecular weight is 774 g/mol. The monoisotopic (exact) mass is 773 g/mol. The molecule has 296 valence electrons. The number of rotatable bonds is 12. The maximum Gasteiger partial charge on any atom is 0.411 e. The van der Waals surface area contributed by atoms with Crippen molar-refractivity contribution in [3.63, 3.8) is 0 Å². The molecule has 1 fully saturated rings. The van der Waals surface area contributed by atoms with Gasteiger partial charge in [0.1, 0.15) is 23.5 Å². The summed E-state index contributed by atoms with van der Waals surface area (Å²) in [7, 11) is 1.22. The van der Waals surface area contributed by atoms with Crippen molar-refractivity contribution in [1.82, 2.24) is 30.1 Å². The Labute approximate surface area is 330 Å². The van der Waals surface area contributed by atoms with Crippen LogP contribution in [0.3, 0.4) is 0 Å². The number of aromatic nitrogens is 3. The molecule has 14 nitrogen and oxygen atoms in total. The fourth-order valence-corrected chi connectivity index (χ4v) is 6.52. The molecule has 3 heterocycles. The van der Waals surface area contributed by atoms with Gasteiger partial charge in [-0.3, -0.25) is 14.5 Å². The number of hydrogen-bond donors (Lipinski definition) is 3. The van der Waals surface area contributed by atoms with Crippen LogP contribution in [0.2, 0.25) is 0 Å². The Bertz CT molecular complexity index is 2310. The second-order valence-electron chi connectivity index (χ2n) is 14.8. The normalized spacial score (nSPS) is 14.6. The first-order chi connectivity index (χ1) is 27.2. The highest BCUT2D eigenvalue weighted by Gasteiger charge is 2.37. The minimum absolute atomic E-state index is 0.202. The van der Waals surface area contributed by atoms with Crippen molar-refractivity contribution in [1.29, 1.82) is 0 Å². The predicted molar refractivity (Wildman–Crippen MR) is 216 cm³/mol. The number of methoxy groups -OCH3 is 1. The standard InChI is InChI=1S/C43H47N7O7/c1-8-9-20-49(40(52)36(48-41(53)55-7)28-13-11-10-12-14-28)25-35(51)45-32-22-29(16-15-26(32)2)34-24-44-39(56-34)30-17-18-31-33(23-30)47-38(46-31)37-27(3)19-21-50(37)42(54)57-43(4,5)6/h8,10-18,22-24,36-37H,1,3,9,19-21,25H2,2,4-7H3,(H,45,51)(H,46,47)(H,48,53). The third kappa shape index (κ3) is 9.40. The number of aryl methyl sites for hydroxylation is 1. The van der Waals surface area contributed by atoms with Crippen LogP contribution in [0, 0.1) is 6.92 Å². The van der Waals surface area contributed by atoms with Crippen LogP contribution in [0.1, 0.15) is 62.6 Å². The molecule has 0 spiro atoms. The zero-order valence-corrected chi connectivity index (χ0v) is 32.8. The number of anilines is 1. The second kappa shape index (κ2) is 17.0. The summed E-state index contributed by atoms with van der Waals surface area (Å²) < 4.78 is 16.6. The number of nitrogens with one attached hydrogen (secondary N) is 3. The molecular formula is C43H47N7O7. The molecule has 57 heavy (non-hydrogen) atoms. The number of imidazole rings is 1. The third-order valence-corrected chi connectivity index (χ3v) is 9.38. The maximum absolute atomic E-state index is 13.8. The summed E-state index contributed by atoms with van der Waals surface area (Å²) in [6.07, 6.45) is 3.16. The molecule has 2 unspecified atom stereocenters. The first-order valence-electron chi connectivity index (χ1n) is 18.6. The number of hydrogen-bond acceptors (Lipinski definition) is 9. The lowest BCUT2D eigenvalue weighted by Gasteiger charge is -2.27. The third-order valence-electron chi connectivity index (χ3n) is 9.38. The number of alkyl carbamates (subject to hydrolysis) is 1. The van der Waals surface area contributed by atoms with E-state index in [4.69, 9.17) is 18.9 Å². The van der Waals surface area contributed by atoms with E-state index in [1.165, 1.54) is 12.0 Å². The number of carbonyl (C=O) groups excluding carboxylic acids is 4. The van der Waals surface area contributed by atoms with Gasteiger partial charge in [-0.25, -0.2) is 19.6 Å². The van der Waals surface area contributed by atoms with E-state index < -0.39 is 41.7 Å². The van der Waals surface area contributed by atoms with Crippen LogP contribution in [0.15, 0.2) is 102 Å². The van der Waals surface area contributed by atoms with Gasteiger partial charge in [-0.2, -0.15) is 0 Å². The molecule has 1 aliphatic heterocycles. The number of nitrogens with zero attached hydrogens (tertiary/aromatic N) is 4. The Kier molecular flexibility index (Phi) is 11.9. The Morgan fingerprint density at radius 1 is 1.09 bits per heavy atom. The van der Waals surface area contributed by atoms with Crippen molar-refractivity contribution in [3.05, 3.63) is 115 Å². The number of amides is 4. The Morgan fingerprint density at radius 3 is 2.56 bits per heavy atom. The number of H-pyrrole nitrogens is 1. The van der Waals surface area contributed by atoms with E-state index in [-0.39, 0.29) is 13.1 Å². The summed E-state index contributed by atoms with van der Waals surface area (Å²) in [6, 6.07) is 18.4. The number of benzene rings is 3. The minimum Gasteiger partial charge on any atom is -0.453 e. The fraction of sp³-hybridized carbons (Fsp3) is 0.302. The topological polar surface area (TPSA) is 172 Å². The molecule has 5 aromatic rings. The molecule has 6 rings (SSSR count). The Hall–Kier alpha value is -6.70. The Morgan fingerprint density at radius 2 is 1.84 bits per heavy atom. The molecule has 3 aromatic carbocycles. The summed E-state index contributed by atoms with van der Waals surface area (Å²) >= 11 is 0. The van der Waals surface area contributed by atoms with Gasteiger partial charge in [-0.05, 0) is 81.5 Å². The van der Waals surface area contributed by atoms with Crippen LogP contribution in [0.4, 0.5) is 15.3 Å². The molecule has 0 radical (unpaired) electrons. The van der Waals surface area contributed by atoms with E-state index >= 15 is 0 Å². The molecule has 4 amide bonds. The summed E-state index contributed by atoms with van der Waals surface area (Å²) in [5.41, 5.74) is 4.93. The smallest absolute Gasteiger partial charge is 0.411 e. The van der Waals surface area contributed by atoms with Crippen molar-refractivity contribution in [2.75, 3.05) is 32.1 Å². The highest BCUT2D eigenvalue weighted by atomic mass is 16.6. The van der Waals surface area contributed by atoms with E-state index in [0.717, 1.165) is 16.7 Å². The van der Waals surface area contributed by atoms with Gasteiger partial charge < -0.3 is 34.4 Å². The number of likely N-dealkylation sites (tertiary alicyclic amines) is 1. The second-order valence-corrected chi connectivity index (χ2v) is 14.8. The van der Waals surface area contributed by atoms with E-state index in [1.807, 2.05) is 58.0 Å². The van der Waals surface area contributed by atoms with Gasteiger partial charge in [-0.1, -0.05) is 55.1 Å². The highest BCUT2D eigenvalue weighted by molar-refractivity contribution is 5.97. The van der Waals surface area contributed by atoms with E-state index in [9.17, 15) is 19.2 Å². The van der Waals surface area contributed by atoms with Crippen LogP contribution in [0.25, 0.3) is 33.8 Å². The highest BCUT2D eigenvalue weighted by Crippen LogP contribution is 2.37. The SMILES string of the molecule is C=CCCN(CC(=O)Nc1cc(-c2cnc(-c3ccc4nc(C5C(=C)CCN5C(=O)OC(C)(C)C)[nH]c4c3)o2)ccc1C)C(=O)C(NC(=O)OC)c1ccccc1. The lowest BCUT2D eigenvalue weighted by atomic mass is 10.1. The van der Waals surface area contributed by atoms with Crippen molar-refractivity contribution in [3.8, 4) is 22.8 Å². The summed E-state index contributed by atoms with van der Waals surface area (Å²) in [6.45, 7) is 15.7. The van der Waals surface area contributed by atoms with Crippen LogP contribution < -0.4 is 10.6 Å². The van der Waals surface area contributed by atoms with E-state index in [1.54, 1.807) is 53.6 Å². The molecular weight excluding hydrogens is 727 g/mol. The van der Waals surface area contributed by atoms with Gasteiger partial charge in [-0.15, -0.1) is 6.58 Å². The van der Waals surface area contributed by atoms with E-state index in [2.05, 4.69) is 33.8 Å². The molecule has 0 bridgehead atoms. The number of carbonyl (C=O) groups is 4. The zero-order valence-electron chi connectivity index (χ0n) is 32.8. The van der Waals surface area contributed by atoms with Crippen LogP contribution in [0.5, 0.6) is 0 Å². The fourth-order valence-electron chi connectivity index (χ4n) is 6.52. The molecule has 3 N–H and O–H groups in total. The lowest BCUT2D eigenvalue weighted by Crippen LogP contribution is -2.46.